The Hall–Kier alpha value is -0.570. The van der Waals surface area contributed by atoms with Crippen molar-refractivity contribution in [2.75, 3.05) is 14.2 Å². The lowest BCUT2D eigenvalue weighted by Gasteiger charge is -2.12. The van der Waals surface area contributed by atoms with Crippen LogP contribution in [-0.4, -0.2) is 26.1 Å². The number of hydrogen-bond donors (Lipinski definition) is 1. The smallest absolute Gasteiger partial charge is 0.123 e. The maximum absolute atomic E-state index is 5.59. The summed E-state index contributed by atoms with van der Waals surface area (Å²) >= 11 is 0. The summed E-state index contributed by atoms with van der Waals surface area (Å²) in [4.78, 5) is 3.89. The molecule has 0 aromatic heterocycles. The second-order valence-electron chi connectivity index (χ2n) is 2.64. The monoisotopic (exact) mass is 142 g/mol. The van der Waals surface area contributed by atoms with Crippen LogP contribution in [0.15, 0.2) is 4.99 Å². The van der Waals surface area contributed by atoms with Crippen LogP contribution in [0.1, 0.15) is 12.8 Å². The first-order valence-electron chi connectivity index (χ1n) is 3.54. The summed E-state index contributed by atoms with van der Waals surface area (Å²) in [5.41, 5.74) is 5.59. The van der Waals surface area contributed by atoms with Gasteiger partial charge in [-0.3, -0.25) is 4.99 Å². The minimum atomic E-state index is 0.0741. The van der Waals surface area contributed by atoms with Crippen LogP contribution in [0, 0.1) is 5.92 Å². The normalized spacial score (nSPS) is 22.8. The fourth-order valence-electron chi connectivity index (χ4n) is 1.08. The van der Waals surface area contributed by atoms with Gasteiger partial charge in [-0.2, -0.15) is 0 Å². The van der Waals surface area contributed by atoms with Gasteiger partial charge in [-0.25, -0.2) is 0 Å². The minimum absolute atomic E-state index is 0.0741. The van der Waals surface area contributed by atoms with Gasteiger partial charge in [0.25, 0.3) is 0 Å². The van der Waals surface area contributed by atoms with Gasteiger partial charge in [0.1, 0.15) is 11.9 Å². The van der Waals surface area contributed by atoms with Crippen LogP contribution in [-0.2, 0) is 4.74 Å². The van der Waals surface area contributed by atoms with E-state index in [-0.39, 0.29) is 6.10 Å². The Morgan fingerprint density at radius 3 is 2.60 bits per heavy atom. The highest BCUT2D eigenvalue weighted by Crippen LogP contribution is 2.33. The molecule has 1 rings (SSSR count). The Morgan fingerprint density at radius 1 is 1.70 bits per heavy atom. The first-order valence-corrected chi connectivity index (χ1v) is 3.54. The average molecular weight is 142 g/mol. The number of aliphatic imine (C=N–C) groups is 1. The Kier molecular flexibility index (Phi) is 2.27. The van der Waals surface area contributed by atoms with Crippen molar-refractivity contribution in [3.8, 4) is 0 Å². The molecule has 1 aliphatic carbocycles. The van der Waals surface area contributed by atoms with Gasteiger partial charge in [0.15, 0.2) is 0 Å². The molecule has 0 saturated heterocycles. The van der Waals surface area contributed by atoms with Gasteiger partial charge in [-0.05, 0) is 18.8 Å². The summed E-state index contributed by atoms with van der Waals surface area (Å²) in [5, 5.41) is 0. The molecule has 1 unspecified atom stereocenters. The molecule has 1 atom stereocenters. The van der Waals surface area contributed by atoms with Crippen LogP contribution in [0.25, 0.3) is 0 Å². The third-order valence-corrected chi connectivity index (χ3v) is 1.85. The largest absolute Gasteiger partial charge is 0.385 e. The first kappa shape index (κ1) is 7.54. The lowest BCUT2D eigenvalue weighted by Crippen LogP contribution is -2.32. The van der Waals surface area contributed by atoms with Gasteiger partial charge >= 0.3 is 0 Å². The van der Waals surface area contributed by atoms with Gasteiger partial charge < -0.3 is 10.5 Å². The molecule has 0 aromatic rings. The van der Waals surface area contributed by atoms with Crippen LogP contribution in [0.2, 0.25) is 0 Å². The third-order valence-electron chi connectivity index (χ3n) is 1.85. The molecule has 1 aliphatic rings. The zero-order valence-corrected chi connectivity index (χ0v) is 6.50. The van der Waals surface area contributed by atoms with E-state index in [0.29, 0.717) is 11.8 Å². The molecule has 0 spiro atoms. The van der Waals surface area contributed by atoms with E-state index in [9.17, 15) is 0 Å². The predicted molar refractivity (Wildman–Crippen MR) is 41.1 cm³/mol. The van der Waals surface area contributed by atoms with E-state index in [4.69, 9.17) is 10.5 Å². The summed E-state index contributed by atoms with van der Waals surface area (Å²) in [6, 6.07) is 0. The second kappa shape index (κ2) is 3.01. The van der Waals surface area contributed by atoms with Gasteiger partial charge in [0.2, 0.25) is 0 Å². The molecule has 1 saturated carbocycles. The zero-order chi connectivity index (χ0) is 7.56. The molecule has 10 heavy (non-hydrogen) atoms. The molecule has 0 bridgehead atoms. The highest BCUT2D eigenvalue weighted by molar-refractivity contribution is 5.85. The average Bonchev–Trinajstić information content (AvgIpc) is 2.73. The zero-order valence-electron chi connectivity index (χ0n) is 6.50. The number of nitrogens with zero attached hydrogens (tertiary/aromatic N) is 1. The molecule has 0 aromatic carbocycles. The molecule has 1 fully saturated rings. The number of nitrogens with two attached hydrogens (primary N) is 1. The molecule has 0 heterocycles. The molecule has 58 valence electrons. The lowest BCUT2D eigenvalue weighted by atomic mass is 10.2. The van der Waals surface area contributed by atoms with Crippen molar-refractivity contribution >= 4 is 5.84 Å². The molecule has 3 heteroatoms. The quantitative estimate of drug-likeness (QED) is 0.458. The molecule has 3 nitrogen and oxygen atoms in total. The second-order valence-corrected chi connectivity index (χ2v) is 2.64. The van der Waals surface area contributed by atoms with Gasteiger partial charge in [0.05, 0.1) is 0 Å². The molecular formula is C7H14N2O. The fourth-order valence-corrected chi connectivity index (χ4v) is 1.08. The molecule has 2 N–H and O–H groups in total. The van der Waals surface area contributed by atoms with E-state index in [1.165, 1.54) is 12.8 Å². The van der Waals surface area contributed by atoms with E-state index in [1.54, 1.807) is 14.2 Å². The molecule has 0 amide bonds. The van der Waals surface area contributed by atoms with Crippen LogP contribution in [0.5, 0.6) is 0 Å². The van der Waals surface area contributed by atoms with Crippen LogP contribution in [0.4, 0.5) is 0 Å². The number of amidine groups is 1. The predicted octanol–water partition coefficient (Wildman–Crippen LogP) is 0.398. The number of hydrogen-bond acceptors (Lipinski definition) is 2. The first-order chi connectivity index (χ1) is 4.79. The summed E-state index contributed by atoms with van der Waals surface area (Å²) in [6.07, 6.45) is 2.54. The maximum Gasteiger partial charge on any atom is 0.123 e. The van der Waals surface area contributed by atoms with Crippen molar-refractivity contribution in [1.29, 1.82) is 0 Å². The van der Waals surface area contributed by atoms with Crippen LogP contribution < -0.4 is 5.73 Å². The molecule has 0 radical (unpaired) electrons. The van der Waals surface area contributed by atoms with Crippen LogP contribution >= 0.6 is 0 Å². The molecule has 0 aliphatic heterocycles. The lowest BCUT2D eigenvalue weighted by molar-refractivity contribution is 0.137. The van der Waals surface area contributed by atoms with Gasteiger partial charge in [-0.1, -0.05) is 0 Å². The molecular weight excluding hydrogens is 128 g/mol. The van der Waals surface area contributed by atoms with Crippen molar-refractivity contribution < 1.29 is 4.74 Å². The highest BCUT2D eigenvalue weighted by Gasteiger charge is 2.33. The van der Waals surface area contributed by atoms with Crippen molar-refractivity contribution in [2.24, 2.45) is 16.6 Å². The Balaban J connectivity index is 2.46. The Bertz CT molecular complexity index is 141. The maximum atomic E-state index is 5.59. The standard InChI is InChI=1S/C7H14N2O/c1-9-7(8)6(10-2)5-3-4-5/h5-6H,3-4H2,1-2H3,(H2,8,9). The minimum Gasteiger partial charge on any atom is -0.385 e. The summed E-state index contributed by atoms with van der Waals surface area (Å²) in [5.74, 6) is 1.26. The van der Waals surface area contributed by atoms with E-state index < -0.39 is 0 Å². The summed E-state index contributed by atoms with van der Waals surface area (Å²) in [6.45, 7) is 0. The Labute approximate surface area is 61.3 Å². The Morgan fingerprint density at radius 2 is 2.30 bits per heavy atom. The van der Waals surface area contributed by atoms with Crippen LogP contribution in [0.3, 0.4) is 0 Å². The third kappa shape index (κ3) is 1.48. The number of methoxy groups -OCH3 is 1. The summed E-state index contributed by atoms with van der Waals surface area (Å²) < 4.78 is 5.17. The SMILES string of the molecule is CN=C(N)C(OC)C1CC1. The van der Waals surface area contributed by atoms with Crippen molar-refractivity contribution in [3.05, 3.63) is 0 Å². The fraction of sp³-hybridized carbons (Fsp3) is 0.857. The van der Waals surface area contributed by atoms with Crippen molar-refractivity contribution in [1.82, 2.24) is 0 Å². The highest BCUT2D eigenvalue weighted by atomic mass is 16.5. The van der Waals surface area contributed by atoms with E-state index in [2.05, 4.69) is 4.99 Å². The number of ether oxygens (including phenoxy) is 1. The van der Waals surface area contributed by atoms with Crippen molar-refractivity contribution in [3.63, 3.8) is 0 Å². The van der Waals surface area contributed by atoms with E-state index in [1.807, 2.05) is 0 Å². The topological polar surface area (TPSA) is 47.6 Å². The van der Waals surface area contributed by atoms with Gasteiger partial charge in [0, 0.05) is 14.2 Å². The summed E-state index contributed by atoms with van der Waals surface area (Å²) in [7, 11) is 3.38. The van der Waals surface area contributed by atoms with E-state index >= 15 is 0 Å². The van der Waals surface area contributed by atoms with E-state index in [0.717, 1.165) is 0 Å². The van der Waals surface area contributed by atoms with Gasteiger partial charge in [-0.15, -0.1) is 0 Å². The number of rotatable bonds is 3. The van der Waals surface area contributed by atoms with Crippen molar-refractivity contribution in [2.45, 2.75) is 18.9 Å².